The summed E-state index contributed by atoms with van der Waals surface area (Å²) in [6.07, 6.45) is 1.72. The summed E-state index contributed by atoms with van der Waals surface area (Å²) in [7, 11) is 0. The fourth-order valence-electron chi connectivity index (χ4n) is 6.55. The molecule has 37 heavy (non-hydrogen) atoms. The molecule has 1 spiro atoms. The van der Waals surface area contributed by atoms with Crippen LogP contribution in [0.15, 0.2) is 61.2 Å². The first-order valence-corrected chi connectivity index (χ1v) is 12.7. The van der Waals surface area contributed by atoms with E-state index in [2.05, 4.69) is 6.58 Å². The van der Waals surface area contributed by atoms with Crippen LogP contribution in [0.2, 0.25) is 5.02 Å². The summed E-state index contributed by atoms with van der Waals surface area (Å²) in [5.41, 5.74) is 0.565. The highest BCUT2D eigenvalue weighted by Gasteiger charge is 2.75. The van der Waals surface area contributed by atoms with E-state index in [4.69, 9.17) is 16.3 Å². The quantitative estimate of drug-likeness (QED) is 0.513. The Balaban J connectivity index is 1.68. The molecule has 0 aromatic heterocycles. The van der Waals surface area contributed by atoms with Crippen LogP contribution < -0.4 is 4.90 Å². The first-order valence-electron chi connectivity index (χ1n) is 12.3. The van der Waals surface area contributed by atoms with Gasteiger partial charge in [-0.2, -0.15) is 0 Å². The van der Waals surface area contributed by atoms with Crippen LogP contribution in [0.5, 0.6) is 0 Å². The molecule has 3 heterocycles. The number of carbonyl (C=O) groups is 3. The van der Waals surface area contributed by atoms with Crippen molar-refractivity contribution in [3.63, 3.8) is 0 Å². The molecule has 3 aliphatic rings. The monoisotopic (exact) mass is 524 g/mol. The maximum Gasteiger partial charge on any atom is 0.310 e. The number of carbonyl (C=O) groups excluding carboxylic acids is 2. The SMILES string of the molecule is C=CCN(C(=O)[C@@H]1N([C@H](CO)c2ccccc2)C(=O)[C@H]2[C@H](C(=O)O)[C@@H]3CC[C@]12O3)c1c(C)cccc1Cl. The Morgan fingerprint density at radius 3 is 2.62 bits per heavy atom. The van der Waals surface area contributed by atoms with E-state index in [1.807, 2.05) is 19.1 Å². The topological polar surface area (TPSA) is 107 Å². The smallest absolute Gasteiger partial charge is 0.310 e. The molecule has 3 fully saturated rings. The molecule has 0 unspecified atom stereocenters. The summed E-state index contributed by atoms with van der Waals surface area (Å²) in [5, 5.41) is 20.9. The van der Waals surface area contributed by atoms with Crippen molar-refractivity contribution in [3.8, 4) is 0 Å². The molecule has 2 amide bonds. The normalized spacial score (nSPS) is 28.7. The average Bonchev–Trinajstić information content (AvgIpc) is 3.52. The number of para-hydroxylation sites is 1. The van der Waals surface area contributed by atoms with Crippen LogP contribution in [0.4, 0.5) is 5.69 Å². The van der Waals surface area contributed by atoms with Crippen LogP contribution in [0.3, 0.4) is 0 Å². The lowest BCUT2D eigenvalue weighted by Gasteiger charge is -2.39. The Hall–Kier alpha value is -3.20. The second-order valence-corrected chi connectivity index (χ2v) is 10.3. The fraction of sp³-hybridized carbons (Fsp3) is 0.393. The molecule has 2 aromatic rings. The van der Waals surface area contributed by atoms with Crippen molar-refractivity contribution in [2.45, 2.75) is 43.6 Å². The molecule has 0 saturated carbocycles. The number of amides is 2. The van der Waals surface area contributed by atoms with Gasteiger partial charge >= 0.3 is 5.97 Å². The minimum Gasteiger partial charge on any atom is -0.481 e. The lowest BCUT2D eigenvalue weighted by atomic mass is 9.70. The van der Waals surface area contributed by atoms with Gasteiger partial charge in [-0.15, -0.1) is 6.58 Å². The predicted molar refractivity (Wildman–Crippen MR) is 137 cm³/mol. The van der Waals surface area contributed by atoms with E-state index in [0.29, 0.717) is 29.1 Å². The molecule has 5 rings (SSSR count). The second-order valence-electron chi connectivity index (χ2n) is 9.89. The molecular weight excluding hydrogens is 496 g/mol. The van der Waals surface area contributed by atoms with Crippen molar-refractivity contribution in [2.24, 2.45) is 11.8 Å². The number of aliphatic carboxylic acids is 1. The van der Waals surface area contributed by atoms with E-state index < -0.39 is 60.0 Å². The Morgan fingerprint density at radius 2 is 2.00 bits per heavy atom. The van der Waals surface area contributed by atoms with Crippen LogP contribution in [0, 0.1) is 18.8 Å². The first kappa shape index (κ1) is 25.4. The molecule has 2 bridgehead atoms. The van der Waals surface area contributed by atoms with Gasteiger partial charge in [0.25, 0.3) is 5.91 Å². The lowest BCUT2D eigenvalue weighted by molar-refractivity contribution is -0.151. The van der Waals surface area contributed by atoms with Crippen molar-refractivity contribution in [3.05, 3.63) is 77.3 Å². The summed E-state index contributed by atoms with van der Waals surface area (Å²) < 4.78 is 6.32. The minimum atomic E-state index is -1.32. The molecule has 194 valence electrons. The minimum absolute atomic E-state index is 0.115. The number of hydrogen-bond donors (Lipinski definition) is 2. The van der Waals surface area contributed by atoms with Gasteiger partial charge in [-0.05, 0) is 37.0 Å². The zero-order valence-electron chi connectivity index (χ0n) is 20.4. The number of hydrogen-bond acceptors (Lipinski definition) is 5. The number of aliphatic hydroxyl groups excluding tert-OH is 1. The molecule has 2 aromatic carbocycles. The highest BCUT2D eigenvalue weighted by molar-refractivity contribution is 6.34. The number of aliphatic hydroxyl groups is 1. The third-order valence-electron chi connectivity index (χ3n) is 7.99. The molecule has 0 radical (unpaired) electrons. The highest BCUT2D eigenvalue weighted by atomic mass is 35.5. The van der Waals surface area contributed by atoms with E-state index in [-0.39, 0.29) is 6.54 Å². The van der Waals surface area contributed by atoms with Gasteiger partial charge < -0.3 is 24.7 Å². The number of likely N-dealkylation sites (tertiary alicyclic amines) is 1. The zero-order valence-corrected chi connectivity index (χ0v) is 21.2. The largest absolute Gasteiger partial charge is 0.481 e. The van der Waals surface area contributed by atoms with Crippen molar-refractivity contribution >= 4 is 35.1 Å². The Labute approximate surface area is 220 Å². The summed E-state index contributed by atoms with van der Waals surface area (Å²) >= 11 is 6.56. The van der Waals surface area contributed by atoms with Crippen LogP contribution in [0.1, 0.15) is 30.0 Å². The Kier molecular flexibility index (Phi) is 6.60. The average molecular weight is 525 g/mol. The van der Waals surface area contributed by atoms with Crippen LogP contribution in [-0.4, -0.2) is 63.8 Å². The van der Waals surface area contributed by atoms with Gasteiger partial charge in [0.2, 0.25) is 5.91 Å². The molecule has 9 heteroatoms. The van der Waals surface area contributed by atoms with Crippen LogP contribution in [-0.2, 0) is 19.1 Å². The maximum atomic E-state index is 14.6. The lowest BCUT2D eigenvalue weighted by Crippen LogP contribution is -2.57. The van der Waals surface area contributed by atoms with Crippen LogP contribution >= 0.6 is 11.6 Å². The standard InChI is InChI=1S/C28H29ClN2O6/c1-3-14-30(23-16(2)8-7-11-18(23)29)26(34)24-28-13-12-20(37-28)21(27(35)36)22(28)25(33)31(24)19(15-32)17-9-5-4-6-10-17/h3-11,19-22,24,32H,1,12-15H2,2H3,(H,35,36)/t19-,20+,21-,22-,24+,28-/m1/s1. The molecule has 3 saturated heterocycles. The van der Waals surface area contributed by atoms with E-state index >= 15 is 0 Å². The van der Waals surface area contributed by atoms with E-state index in [0.717, 1.165) is 5.56 Å². The van der Waals surface area contributed by atoms with Gasteiger partial charge in [0, 0.05) is 6.54 Å². The Morgan fingerprint density at radius 1 is 1.27 bits per heavy atom. The molecule has 0 aliphatic carbocycles. The number of aryl methyl sites for hydroxylation is 1. The number of carboxylic acid groups (broad SMARTS) is 1. The van der Waals surface area contributed by atoms with Gasteiger partial charge in [0.05, 0.1) is 41.3 Å². The van der Waals surface area contributed by atoms with Gasteiger partial charge in [0.1, 0.15) is 11.6 Å². The van der Waals surface area contributed by atoms with E-state index in [1.54, 1.807) is 42.5 Å². The molecule has 2 N–H and O–H groups in total. The number of benzene rings is 2. The van der Waals surface area contributed by atoms with Gasteiger partial charge in [-0.3, -0.25) is 14.4 Å². The van der Waals surface area contributed by atoms with Gasteiger partial charge in [-0.1, -0.05) is 60.1 Å². The number of ether oxygens (including phenoxy) is 1. The van der Waals surface area contributed by atoms with Crippen molar-refractivity contribution in [1.82, 2.24) is 4.90 Å². The van der Waals surface area contributed by atoms with E-state index in [9.17, 15) is 24.6 Å². The van der Waals surface area contributed by atoms with E-state index in [1.165, 1.54) is 9.80 Å². The second kappa shape index (κ2) is 9.59. The van der Waals surface area contributed by atoms with Crippen molar-refractivity contribution in [1.29, 1.82) is 0 Å². The molecule has 8 nitrogen and oxygen atoms in total. The number of rotatable bonds is 8. The zero-order chi connectivity index (χ0) is 26.5. The van der Waals surface area contributed by atoms with Gasteiger partial charge in [0.15, 0.2) is 0 Å². The molecule has 3 aliphatic heterocycles. The Bertz CT molecular complexity index is 1230. The summed E-state index contributed by atoms with van der Waals surface area (Å²) in [5.74, 6) is -4.17. The van der Waals surface area contributed by atoms with Crippen molar-refractivity contribution in [2.75, 3.05) is 18.1 Å². The predicted octanol–water partition coefficient (Wildman–Crippen LogP) is 3.36. The number of carboxylic acids is 1. The number of anilines is 1. The van der Waals surface area contributed by atoms with Crippen molar-refractivity contribution < 1.29 is 29.3 Å². The summed E-state index contributed by atoms with van der Waals surface area (Å²) in [6, 6.07) is 12.2. The highest BCUT2D eigenvalue weighted by Crippen LogP contribution is 2.60. The number of fused-ring (bicyclic) bond motifs is 1. The van der Waals surface area contributed by atoms with Gasteiger partial charge in [-0.25, -0.2) is 0 Å². The fourth-order valence-corrected chi connectivity index (χ4v) is 6.87. The third-order valence-corrected chi connectivity index (χ3v) is 8.29. The summed E-state index contributed by atoms with van der Waals surface area (Å²) in [6.45, 7) is 5.31. The molecule has 6 atom stereocenters. The number of halogens is 1. The summed E-state index contributed by atoms with van der Waals surface area (Å²) in [4.78, 5) is 43.8. The third kappa shape index (κ3) is 3.77. The maximum absolute atomic E-state index is 14.6. The number of nitrogens with zero attached hydrogens (tertiary/aromatic N) is 2. The molecular formula is C28H29ClN2O6. The first-order chi connectivity index (χ1) is 17.8. The van der Waals surface area contributed by atoms with Crippen LogP contribution in [0.25, 0.3) is 0 Å².